The zero-order chi connectivity index (χ0) is 8.65. The number of unbranched alkanes of at least 4 members (excludes halogenated alkanes) is 1. The van der Waals surface area contributed by atoms with Crippen LogP contribution in [0.5, 0.6) is 0 Å². The maximum absolute atomic E-state index is 8.52. The van der Waals surface area contributed by atoms with E-state index in [2.05, 4.69) is 0 Å². The third-order valence-electron chi connectivity index (χ3n) is 2.53. The van der Waals surface area contributed by atoms with Crippen molar-refractivity contribution in [1.82, 2.24) is 0 Å². The van der Waals surface area contributed by atoms with Crippen molar-refractivity contribution < 1.29 is 9.84 Å². The molecule has 1 saturated carbocycles. The summed E-state index contributed by atoms with van der Waals surface area (Å²) in [7, 11) is 0. The summed E-state index contributed by atoms with van der Waals surface area (Å²) in [5, 5.41) is 8.52. The molecule has 1 aliphatic rings. The van der Waals surface area contributed by atoms with Crippen LogP contribution in [-0.4, -0.2) is 24.9 Å². The summed E-state index contributed by atoms with van der Waals surface area (Å²) in [6.07, 6.45) is 7.39. The molecule has 0 unspecified atom stereocenters. The Hall–Kier alpha value is -0.0800. The lowest BCUT2D eigenvalue weighted by atomic mass is 10.1. The Labute approximate surface area is 74.9 Å². The van der Waals surface area contributed by atoms with Crippen LogP contribution in [-0.2, 0) is 4.74 Å². The van der Waals surface area contributed by atoms with Gasteiger partial charge in [0.05, 0.1) is 0 Å². The van der Waals surface area contributed by atoms with E-state index in [4.69, 9.17) is 9.84 Å². The number of aliphatic hydroxyl groups excluding tert-OH is 1. The highest BCUT2D eigenvalue weighted by atomic mass is 16.5. The number of rotatable bonds is 6. The van der Waals surface area contributed by atoms with Crippen molar-refractivity contribution in [3.8, 4) is 0 Å². The van der Waals surface area contributed by atoms with Gasteiger partial charge in [-0.1, -0.05) is 12.8 Å². The highest BCUT2D eigenvalue weighted by Gasteiger charge is 2.14. The molecule has 0 aromatic carbocycles. The van der Waals surface area contributed by atoms with Crippen LogP contribution in [0.3, 0.4) is 0 Å². The third-order valence-corrected chi connectivity index (χ3v) is 2.53. The summed E-state index contributed by atoms with van der Waals surface area (Å²) in [5.74, 6) is 0.833. The average Bonchev–Trinajstić information content (AvgIpc) is 2.57. The second-order valence-electron chi connectivity index (χ2n) is 3.66. The van der Waals surface area contributed by atoms with Crippen molar-refractivity contribution in [3.05, 3.63) is 0 Å². The van der Waals surface area contributed by atoms with E-state index >= 15 is 0 Å². The number of aliphatic hydroxyl groups is 1. The zero-order valence-electron chi connectivity index (χ0n) is 7.80. The highest BCUT2D eigenvalue weighted by molar-refractivity contribution is 4.66. The van der Waals surface area contributed by atoms with E-state index in [1.54, 1.807) is 0 Å². The molecule has 0 aliphatic heterocycles. The number of ether oxygens (including phenoxy) is 1. The van der Waals surface area contributed by atoms with Crippen molar-refractivity contribution in [2.45, 2.75) is 38.5 Å². The van der Waals surface area contributed by atoms with Gasteiger partial charge in [-0.15, -0.1) is 0 Å². The Balaban J connectivity index is 1.81. The first-order valence-electron chi connectivity index (χ1n) is 5.12. The third kappa shape index (κ3) is 4.07. The van der Waals surface area contributed by atoms with Gasteiger partial charge in [-0.05, 0) is 31.6 Å². The van der Waals surface area contributed by atoms with Gasteiger partial charge in [-0.25, -0.2) is 0 Å². The van der Waals surface area contributed by atoms with Crippen LogP contribution in [0.1, 0.15) is 38.5 Å². The van der Waals surface area contributed by atoms with E-state index < -0.39 is 0 Å². The first kappa shape index (κ1) is 10.0. The Bertz CT molecular complexity index is 98.0. The summed E-state index contributed by atoms with van der Waals surface area (Å²) in [4.78, 5) is 0. The minimum absolute atomic E-state index is 0.298. The Morgan fingerprint density at radius 3 is 2.58 bits per heavy atom. The van der Waals surface area contributed by atoms with Gasteiger partial charge in [0.15, 0.2) is 0 Å². The second-order valence-corrected chi connectivity index (χ2v) is 3.66. The molecular formula is C10H20O2. The second kappa shape index (κ2) is 6.44. The van der Waals surface area contributed by atoms with Crippen LogP contribution in [0, 0.1) is 5.92 Å². The molecule has 0 heterocycles. The van der Waals surface area contributed by atoms with Crippen LogP contribution in [0.15, 0.2) is 0 Å². The summed E-state index contributed by atoms with van der Waals surface area (Å²) >= 11 is 0. The molecule has 0 saturated heterocycles. The molecule has 0 aromatic heterocycles. The molecule has 72 valence electrons. The van der Waals surface area contributed by atoms with E-state index in [1.165, 1.54) is 25.7 Å². The fourth-order valence-corrected chi connectivity index (χ4v) is 1.74. The minimum atomic E-state index is 0.298. The van der Waals surface area contributed by atoms with E-state index in [0.717, 1.165) is 32.0 Å². The van der Waals surface area contributed by atoms with E-state index in [1.807, 2.05) is 0 Å². The Morgan fingerprint density at radius 2 is 1.92 bits per heavy atom. The largest absolute Gasteiger partial charge is 0.396 e. The molecule has 1 rings (SSSR count). The van der Waals surface area contributed by atoms with Gasteiger partial charge < -0.3 is 9.84 Å². The van der Waals surface area contributed by atoms with E-state index in [-0.39, 0.29) is 0 Å². The van der Waals surface area contributed by atoms with Gasteiger partial charge in [-0.3, -0.25) is 0 Å². The standard InChI is InChI=1S/C10H20O2/c11-7-3-4-8-12-9-10-5-1-2-6-10/h10-11H,1-9H2. The summed E-state index contributed by atoms with van der Waals surface area (Å²) in [5.41, 5.74) is 0. The van der Waals surface area contributed by atoms with Gasteiger partial charge in [0.2, 0.25) is 0 Å². The lowest BCUT2D eigenvalue weighted by Gasteiger charge is -2.08. The fourth-order valence-electron chi connectivity index (χ4n) is 1.74. The first-order valence-corrected chi connectivity index (χ1v) is 5.12. The SMILES string of the molecule is OCCCCOCC1CCCC1. The predicted molar refractivity (Wildman–Crippen MR) is 49.1 cm³/mol. The molecule has 0 radical (unpaired) electrons. The predicted octanol–water partition coefficient (Wildman–Crippen LogP) is 1.97. The maximum Gasteiger partial charge on any atom is 0.0494 e. The minimum Gasteiger partial charge on any atom is -0.396 e. The molecule has 0 aromatic rings. The lowest BCUT2D eigenvalue weighted by Crippen LogP contribution is -2.06. The molecular weight excluding hydrogens is 152 g/mol. The molecule has 1 fully saturated rings. The molecule has 0 bridgehead atoms. The van der Waals surface area contributed by atoms with Crippen LogP contribution in [0.4, 0.5) is 0 Å². The maximum atomic E-state index is 8.52. The molecule has 1 aliphatic carbocycles. The van der Waals surface area contributed by atoms with Gasteiger partial charge >= 0.3 is 0 Å². The van der Waals surface area contributed by atoms with Crippen molar-refractivity contribution in [3.63, 3.8) is 0 Å². The van der Waals surface area contributed by atoms with Gasteiger partial charge in [0.25, 0.3) is 0 Å². The fraction of sp³-hybridized carbons (Fsp3) is 1.00. The molecule has 1 N–H and O–H groups in total. The summed E-state index contributed by atoms with van der Waals surface area (Å²) in [6, 6.07) is 0. The molecule has 2 heteroatoms. The average molecular weight is 172 g/mol. The number of hydrogen-bond acceptors (Lipinski definition) is 2. The topological polar surface area (TPSA) is 29.5 Å². The molecule has 0 spiro atoms. The van der Waals surface area contributed by atoms with Crippen molar-refractivity contribution >= 4 is 0 Å². The Kier molecular flexibility index (Phi) is 5.37. The quantitative estimate of drug-likeness (QED) is 0.621. The molecule has 0 atom stereocenters. The van der Waals surface area contributed by atoms with Crippen molar-refractivity contribution in [2.24, 2.45) is 5.92 Å². The van der Waals surface area contributed by atoms with Gasteiger partial charge in [0, 0.05) is 19.8 Å². The van der Waals surface area contributed by atoms with E-state index in [0.29, 0.717) is 6.61 Å². The number of hydrogen-bond donors (Lipinski definition) is 1. The molecule has 0 amide bonds. The zero-order valence-corrected chi connectivity index (χ0v) is 7.80. The smallest absolute Gasteiger partial charge is 0.0494 e. The van der Waals surface area contributed by atoms with Gasteiger partial charge in [0.1, 0.15) is 0 Å². The first-order chi connectivity index (χ1) is 5.93. The normalized spacial score (nSPS) is 18.8. The Morgan fingerprint density at radius 1 is 1.17 bits per heavy atom. The van der Waals surface area contributed by atoms with Crippen LogP contribution in [0.25, 0.3) is 0 Å². The van der Waals surface area contributed by atoms with Crippen molar-refractivity contribution in [1.29, 1.82) is 0 Å². The van der Waals surface area contributed by atoms with Crippen LogP contribution in [0.2, 0.25) is 0 Å². The van der Waals surface area contributed by atoms with Crippen LogP contribution < -0.4 is 0 Å². The molecule has 12 heavy (non-hydrogen) atoms. The van der Waals surface area contributed by atoms with Crippen molar-refractivity contribution in [2.75, 3.05) is 19.8 Å². The van der Waals surface area contributed by atoms with Gasteiger partial charge in [-0.2, -0.15) is 0 Å². The van der Waals surface area contributed by atoms with E-state index in [9.17, 15) is 0 Å². The summed E-state index contributed by atoms with van der Waals surface area (Å²) < 4.78 is 5.51. The monoisotopic (exact) mass is 172 g/mol. The lowest BCUT2D eigenvalue weighted by molar-refractivity contribution is 0.0948. The molecule has 2 nitrogen and oxygen atoms in total. The van der Waals surface area contributed by atoms with Crippen LogP contribution >= 0.6 is 0 Å². The highest BCUT2D eigenvalue weighted by Crippen LogP contribution is 2.24. The summed E-state index contributed by atoms with van der Waals surface area (Å²) in [6.45, 7) is 2.08.